The third kappa shape index (κ3) is 6.07. The normalized spacial score (nSPS) is 19.4. The summed E-state index contributed by atoms with van der Waals surface area (Å²) in [7, 11) is -6.62. The minimum atomic E-state index is -3.64. The maximum atomic E-state index is 13.7. The van der Waals surface area contributed by atoms with Gasteiger partial charge in [-0.3, -0.25) is 4.31 Å². The van der Waals surface area contributed by atoms with Gasteiger partial charge in [-0.05, 0) is 67.6 Å². The first-order chi connectivity index (χ1) is 19.6. The number of benzene rings is 2. The molecule has 3 heterocycles. The lowest BCUT2D eigenvalue weighted by molar-refractivity contribution is 0.136. The average molecular weight is 605 g/mol. The second-order valence-corrected chi connectivity index (χ2v) is 15.1. The predicted molar refractivity (Wildman–Crippen MR) is 156 cm³/mol. The Balaban J connectivity index is 1.39. The Labute approximate surface area is 239 Å². The number of anilines is 1. The molecule has 3 aromatic rings. The fraction of sp³-hybridized carbons (Fsp3) is 0.464. The van der Waals surface area contributed by atoms with Gasteiger partial charge in [0, 0.05) is 36.7 Å². The zero-order valence-electron chi connectivity index (χ0n) is 22.8. The summed E-state index contributed by atoms with van der Waals surface area (Å²) in [6.45, 7) is 2.78. The predicted octanol–water partition coefficient (Wildman–Crippen LogP) is 3.28. The number of nitrogens with one attached hydrogen (secondary N) is 1. The van der Waals surface area contributed by atoms with Gasteiger partial charge in [-0.15, -0.1) is 0 Å². The van der Waals surface area contributed by atoms with Crippen LogP contribution in [0.1, 0.15) is 36.3 Å². The molecule has 0 bridgehead atoms. The third-order valence-electron chi connectivity index (χ3n) is 7.78. The number of oxime groups is 1. The van der Waals surface area contributed by atoms with Crippen LogP contribution in [0.3, 0.4) is 0 Å². The Hall–Kier alpha value is -3.16. The molecule has 1 saturated heterocycles. The van der Waals surface area contributed by atoms with Crippen molar-refractivity contribution in [3.8, 4) is 11.3 Å². The fourth-order valence-electron chi connectivity index (χ4n) is 5.49. The highest BCUT2D eigenvalue weighted by Gasteiger charge is 2.33. The molecule has 1 N–H and O–H groups in total. The van der Waals surface area contributed by atoms with Gasteiger partial charge < -0.3 is 19.5 Å². The molecule has 1 aliphatic carbocycles. The number of sulfonamides is 1. The van der Waals surface area contributed by atoms with Crippen molar-refractivity contribution >= 4 is 42.4 Å². The number of hydrogen-bond acceptors (Lipinski definition) is 9. The number of amidine groups is 1. The topological polar surface area (TPSA) is 122 Å². The molecule has 2 aromatic carbocycles. The molecule has 1 saturated carbocycles. The van der Waals surface area contributed by atoms with Gasteiger partial charge in [-0.2, -0.15) is 0 Å². The van der Waals surface area contributed by atoms with E-state index in [1.807, 2.05) is 6.07 Å². The number of hydrogen-bond donors (Lipinski definition) is 1. The molecule has 1 aromatic heterocycles. The first-order valence-electron chi connectivity index (χ1n) is 13.8. The minimum absolute atomic E-state index is 0.133. The summed E-state index contributed by atoms with van der Waals surface area (Å²) in [5.41, 5.74) is 3.35. The number of fused-ring (bicyclic) bond motifs is 1. The van der Waals surface area contributed by atoms with E-state index < -0.39 is 19.9 Å². The van der Waals surface area contributed by atoms with E-state index in [0.29, 0.717) is 73.2 Å². The summed E-state index contributed by atoms with van der Waals surface area (Å²) < 4.78 is 71.4. The Bertz CT molecular complexity index is 1690. The number of rotatable bonds is 9. The van der Waals surface area contributed by atoms with Crippen molar-refractivity contribution in [2.75, 3.05) is 61.4 Å². The molecule has 10 nitrogen and oxygen atoms in total. The van der Waals surface area contributed by atoms with Crippen molar-refractivity contribution in [3.05, 3.63) is 53.3 Å². The molecule has 13 heteroatoms. The zero-order valence-corrected chi connectivity index (χ0v) is 24.4. The third-order valence-corrected chi connectivity index (χ3v) is 10.6. The van der Waals surface area contributed by atoms with Crippen molar-refractivity contribution in [2.24, 2.45) is 5.16 Å². The van der Waals surface area contributed by atoms with Crippen molar-refractivity contribution in [2.45, 2.75) is 25.2 Å². The molecular weight excluding hydrogens is 571 g/mol. The molecule has 0 amide bonds. The number of halogens is 1. The molecule has 0 spiro atoms. The fourth-order valence-corrected chi connectivity index (χ4v) is 7.75. The van der Waals surface area contributed by atoms with Gasteiger partial charge in [0.15, 0.2) is 15.7 Å². The van der Waals surface area contributed by atoms with Gasteiger partial charge in [0.25, 0.3) is 0 Å². The van der Waals surface area contributed by atoms with Crippen molar-refractivity contribution < 1.29 is 30.5 Å². The second-order valence-electron chi connectivity index (χ2n) is 10.9. The lowest BCUT2D eigenvalue weighted by Crippen LogP contribution is -2.42. The smallest absolute Gasteiger partial charge is 0.232 e. The van der Waals surface area contributed by atoms with E-state index >= 15 is 0 Å². The highest BCUT2D eigenvalue weighted by atomic mass is 32.2. The van der Waals surface area contributed by atoms with Crippen LogP contribution in [0, 0.1) is 5.82 Å². The summed E-state index contributed by atoms with van der Waals surface area (Å²) in [4.78, 5) is 7.44. The van der Waals surface area contributed by atoms with Crippen LogP contribution in [0.2, 0.25) is 0 Å². The van der Waals surface area contributed by atoms with Gasteiger partial charge in [-0.1, -0.05) is 5.16 Å². The van der Waals surface area contributed by atoms with Crippen LogP contribution >= 0.6 is 0 Å². The first kappa shape index (κ1) is 28.0. The van der Waals surface area contributed by atoms with E-state index in [1.165, 1.54) is 22.7 Å². The van der Waals surface area contributed by atoms with Gasteiger partial charge in [-0.25, -0.2) is 21.2 Å². The summed E-state index contributed by atoms with van der Waals surface area (Å²) >= 11 is 0. The Morgan fingerprint density at radius 1 is 1.15 bits per heavy atom. The van der Waals surface area contributed by atoms with Crippen LogP contribution in [-0.2, 0) is 24.7 Å². The van der Waals surface area contributed by atoms with Crippen LogP contribution in [0.5, 0.6) is 0 Å². The molecule has 6 rings (SSSR count). The molecule has 3 aliphatic rings. The molecule has 0 atom stereocenters. The highest BCUT2D eigenvalue weighted by Crippen LogP contribution is 2.48. The van der Waals surface area contributed by atoms with Gasteiger partial charge >= 0.3 is 0 Å². The van der Waals surface area contributed by atoms with Crippen LogP contribution in [-0.4, -0.2) is 84.7 Å². The van der Waals surface area contributed by atoms with Crippen molar-refractivity contribution in [1.29, 1.82) is 0 Å². The second kappa shape index (κ2) is 10.9. The number of nitrogens with zero attached hydrogens (tertiary/aromatic N) is 3. The minimum Gasteiger partial charge on any atom is -0.455 e. The summed E-state index contributed by atoms with van der Waals surface area (Å²) in [6.07, 6.45) is 3.67. The molecule has 2 aliphatic heterocycles. The van der Waals surface area contributed by atoms with E-state index in [9.17, 15) is 21.2 Å². The largest absolute Gasteiger partial charge is 0.455 e. The maximum Gasteiger partial charge on any atom is 0.232 e. The molecule has 0 radical (unpaired) electrons. The monoisotopic (exact) mass is 604 g/mol. The summed E-state index contributed by atoms with van der Waals surface area (Å²) in [6, 6.07) is 9.79. The SMILES string of the molecule is CS(=O)(=O)N(CCCN1CCS(=O)(=O)CC1)c1cc2oc(-c3ccc(F)cc3)c(C3=NOCCN3)c2cc1C1CC1. The number of sulfone groups is 1. The van der Waals surface area contributed by atoms with Crippen LogP contribution < -0.4 is 9.62 Å². The lowest BCUT2D eigenvalue weighted by Gasteiger charge is -2.29. The van der Waals surface area contributed by atoms with Crippen LogP contribution in [0.4, 0.5) is 10.1 Å². The Morgan fingerprint density at radius 3 is 2.51 bits per heavy atom. The molecule has 2 fully saturated rings. The van der Waals surface area contributed by atoms with E-state index in [0.717, 1.165) is 23.8 Å². The van der Waals surface area contributed by atoms with Crippen molar-refractivity contribution in [1.82, 2.24) is 10.2 Å². The van der Waals surface area contributed by atoms with E-state index in [2.05, 4.69) is 15.4 Å². The highest BCUT2D eigenvalue weighted by molar-refractivity contribution is 7.92. The van der Waals surface area contributed by atoms with E-state index in [1.54, 1.807) is 18.2 Å². The van der Waals surface area contributed by atoms with E-state index in [-0.39, 0.29) is 29.8 Å². The lowest BCUT2D eigenvalue weighted by atomic mass is 10.00. The van der Waals surface area contributed by atoms with Gasteiger partial charge in [0.2, 0.25) is 10.0 Å². The maximum absolute atomic E-state index is 13.7. The Morgan fingerprint density at radius 2 is 1.88 bits per heavy atom. The Kier molecular flexibility index (Phi) is 7.45. The van der Waals surface area contributed by atoms with Gasteiger partial charge in [0.05, 0.1) is 35.6 Å². The average Bonchev–Trinajstić information content (AvgIpc) is 3.72. The number of furan rings is 1. The summed E-state index contributed by atoms with van der Waals surface area (Å²) in [5, 5.41) is 8.27. The van der Waals surface area contributed by atoms with Crippen LogP contribution in [0.15, 0.2) is 46.0 Å². The molecule has 41 heavy (non-hydrogen) atoms. The van der Waals surface area contributed by atoms with Crippen LogP contribution in [0.25, 0.3) is 22.3 Å². The standard InChI is InChI=1S/C28H33FN4O6S2/c1-40(34,35)33(11-2-10-32-12-15-41(36,37)16-13-32)24-18-25-23(17-22(24)19-3-4-19)26(28-30-9-14-38-31-28)27(39-25)20-5-7-21(29)8-6-20/h5-8,17-19H,2-4,9-16H2,1H3,(H,30,31). The molecular formula is C28H33FN4O6S2. The molecule has 220 valence electrons. The first-order valence-corrected chi connectivity index (χ1v) is 17.5. The quantitative estimate of drug-likeness (QED) is 0.395. The van der Waals surface area contributed by atoms with Gasteiger partial charge in [0.1, 0.15) is 23.8 Å². The van der Waals surface area contributed by atoms with E-state index in [4.69, 9.17) is 9.25 Å². The summed E-state index contributed by atoms with van der Waals surface area (Å²) in [5.74, 6) is 1.12. The van der Waals surface area contributed by atoms with Crippen molar-refractivity contribution in [3.63, 3.8) is 0 Å². The zero-order chi connectivity index (χ0) is 28.8. The molecule has 0 unspecified atom stereocenters.